The molecule has 0 spiro atoms. The molecular weight excluding hydrogens is 204 g/mol. The molecule has 2 heterocycles. The second kappa shape index (κ2) is 5.15. The van der Waals surface area contributed by atoms with Gasteiger partial charge in [0.15, 0.2) is 0 Å². The fourth-order valence-corrected chi connectivity index (χ4v) is 2.41. The molecular formula is C12H22N2O2. The summed E-state index contributed by atoms with van der Waals surface area (Å²) in [5.41, 5.74) is 0.263. The Balaban J connectivity index is 1.75. The summed E-state index contributed by atoms with van der Waals surface area (Å²) >= 11 is 0. The minimum absolute atomic E-state index is 0.0808. The summed E-state index contributed by atoms with van der Waals surface area (Å²) < 4.78 is 5.36. The van der Waals surface area contributed by atoms with E-state index in [1.165, 1.54) is 0 Å². The SMILES string of the molecule is CC1(CNC(=O)C2CCCO2)CCNCC1. The molecule has 2 aliphatic heterocycles. The lowest BCUT2D eigenvalue weighted by Crippen LogP contribution is -2.45. The Morgan fingerprint density at radius 1 is 1.50 bits per heavy atom. The molecule has 0 aromatic carbocycles. The van der Waals surface area contributed by atoms with Crippen LogP contribution >= 0.6 is 0 Å². The van der Waals surface area contributed by atoms with Crippen molar-refractivity contribution >= 4 is 5.91 Å². The van der Waals surface area contributed by atoms with E-state index in [1.807, 2.05) is 0 Å². The predicted molar refractivity (Wildman–Crippen MR) is 62.2 cm³/mol. The van der Waals surface area contributed by atoms with E-state index in [2.05, 4.69) is 17.6 Å². The van der Waals surface area contributed by atoms with Gasteiger partial charge in [-0.05, 0) is 44.2 Å². The molecule has 0 saturated carbocycles. The zero-order chi connectivity index (χ0) is 11.4. The van der Waals surface area contributed by atoms with E-state index in [4.69, 9.17) is 4.74 Å². The van der Waals surface area contributed by atoms with Crippen LogP contribution < -0.4 is 10.6 Å². The molecule has 4 nitrogen and oxygen atoms in total. The van der Waals surface area contributed by atoms with Gasteiger partial charge in [0, 0.05) is 13.2 Å². The van der Waals surface area contributed by atoms with Crippen molar-refractivity contribution in [2.45, 2.75) is 38.7 Å². The zero-order valence-corrected chi connectivity index (χ0v) is 10.1. The van der Waals surface area contributed by atoms with Gasteiger partial charge in [-0.25, -0.2) is 0 Å². The first-order valence-corrected chi connectivity index (χ1v) is 6.30. The lowest BCUT2D eigenvalue weighted by atomic mass is 9.81. The van der Waals surface area contributed by atoms with Crippen molar-refractivity contribution in [1.29, 1.82) is 0 Å². The van der Waals surface area contributed by atoms with Gasteiger partial charge >= 0.3 is 0 Å². The van der Waals surface area contributed by atoms with Crippen LogP contribution in [-0.4, -0.2) is 38.3 Å². The number of hydrogen-bond acceptors (Lipinski definition) is 3. The minimum atomic E-state index is -0.190. The van der Waals surface area contributed by atoms with E-state index < -0.39 is 0 Å². The second-order valence-electron chi connectivity index (χ2n) is 5.28. The molecule has 0 aromatic rings. The summed E-state index contributed by atoms with van der Waals surface area (Å²) in [4.78, 5) is 11.8. The minimum Gasteiger partial charge on any atom is -0.368 e. The normalized spacial score (nSPS) is 28.9. The highest BCUT2D eigenvalue weighted by molar-refractivity contribution is 5.80. The molecule has 1 amide bonds. The van der Waals surface area contributed by atoms with E-state index in [1.54, 1.807) is 0 Å². The number of piperidine rings is 1. The van der Waals surface area contributed by atoms with Crippen molar-refractivity contribution in [3.63, 3.8) is 0 Å². The van der Waals surface area contributed by atoms with Gasteiger partial charge in [-0.2, -0.15) is 0 Å². The Bertz CT molecular complexity index is 243. The molecule has 2 aliphatic rings. The maximum atomic E-state index is 11.8. The third kappa shape index (κ3) is 2.95. The Morgan fingerprint density at radius 2 is 2.25 bits per heavy atom. The Labute approximate surface area is 97.1 Å². The second-order valence-corrected chi connectivity index (χ2v) is 5.28. The number of nitrogens with one attached hydrogen (secondary N) is 2. The molecule has 2 N–H and O–H groups in total. The molecule has 0 bridgehead atoms. The molecule has 2 saturated heterocycles. The van der Waals surface area contributed by atoms with Crippen molar-refractivity contribution in [1.82, 2.24) is 10.6 Å². The molecule has 4 heteroatoms. The highest BCUT2D eigenvalue weighted by atomic mass is 16.5. The van der Waals surface area contributed by atoms with Crippen LogP contribution in [0.3, 0.4) is 0 Å². The van der Waals surface area contributed by atoms with Crippen LogP contribution in [0.1, 0.15) is 32.6 Å². The van der Waals surface area contributed by atoms with Crippen molar-refractivity contribution in [2.75, 3.05) is 26.2 Å². The largest absolute Gasteiger partial charge is 0.368 e. The molecule has 92 valence electrons. The van der Waals surface area contributed by atoms with Crippen molar-refractivity contribution in [3.8, 4) is 0 Å². The monoisotopic (exact) mass is 226 g/mol. The van der Waals surface area contributed by atoms with Gasteiger partial charge in [-0.3, -0.25) is 4.79 Å². The van der Waals surface area contributed by atoms with Crippen LogP contribution in [0.4, 0.5) is 0 Å². The first-order valence-electron chi connectivity index (χ1n) is 6.30. The van der Waals surface area contributed by atoms with Crippen molar-refractivity contribution in [3.05, 3.63) is 0 Å². The number of carbonyl (C=O) groups is 1. The van der Waals surface area contributed by atoms with Crippen LogP contribution in [0.5, 0.6) is 0 Å². The summed E-state index contributed by atoms with van der Waals surface area (Å²) in [6.45, 7) is 5.90. The third-order valence-corrected chi connectivity index (χ3v) is 3.72. The van der Waals surface area contributed by atoms with Gasteiger partial charge < -0.3 is 15.4 Å². The zero-order valence-electron chi connectivity index (χ0n) is 10.1. The van der Waals surface area contributed by atoms with Crippen LogP contribution in [0.25, 0.3) is 0 Å². The molecule has 2 fully saturated rings. The van der Waals surface area contributed by atoms with Gasteiger partial charge in [-0.1, -0.05) is 6.92 Å². The lowest BCUT2D eigenvalue weighted by molar-refractivity contribution is -0.130. The fourth-order valence-electron chi connectivity index (χ4n) is 2.41. The maximum absolute atomic E-state index is 11.8. The highest BCUT2D eigenvalue weighted by Crippen LogP contribution is 2.26. The van der Waals surface area contributed by atoms with Crippen molar-refractivity contribution < 1.29 is 9.53 Å². The average molecular weight is 226 g/mol. The first kappa shape index (κ1) is 11.9. The van der Waals surface area contributed by atoms with Crippen LogP contribution in [0.2, 0.25) is 0 Å². The quantitative estimate of drug-likeness (QED) is 0.743. The Morgan fingerprint density at radius 3 is 2.88 bits per heavy atom. The fraction of sp³-hybridized carbons (Fsp3) is 0.917. The van der Waals surface area contributed by atoms with E-state index in [0.29, 0.717) is 0 Å². The molecule has 0 aromatic heterocycles. The third-order valence-electron chi connectivity index (χ3n) is 3.72. The van der Waals surface area contributed by atoms with E-state index in [0.717, 1.165) is 51.9 Å². The highest BCUT2D eigenvalue weighted by Gasteiger charge is 2.29. The number of hydrogen-bond donors (Lipinski definition) is 2. The molecule has 0 aliphatic carbocycles. The van der Waals surface area contributed by atoms with Crippen molar-refractivity contribution in [2.24, 2.45) is 5.41 Å². The lowest BCUT2D eigenvalue weighted by Gasteiger charge is -2.34. The first-order chi connectivity index (χ1) is 7.70. The Kier molecular flexibility index (Phi) is 3.82. The Hall–Kier alpha value is -0.610. The van der Waals surface area contributed by atoms with Gasteiger partial charge in [0.2, 0.25) is 5.91 Å². The number of ether oxygens (including phenoxy) is 1. The number of carbonyl (C=O) groups excluding carboxylic acids is 1. The number of rotatable bonds is 3. The van der Waals surface area contributed by atoms with Gasteiger partial charge in [0.1, 0.15) is 6.10 Å². The molecule has 1 unspecified atom stereocenters. The van der Waals surface area contributed by atoms with Gasteiger partial charge in [-0.15, -0.1) is 0 Å². The van der Waals surface area contributed by atoms with Gasteiger partial charge in [0.25, 0.3) is 0 Å². The molecule has 16 heavy (non-hydrogen) atoms. The summed E-state index contributed by atoms with van der Waals surface area (Å²) in [6, 6.07) is 0. The van der Waals surface area contributed by atoms with E-state index in [-0.39, 0.29) is 17.4 Å². The topological polar surface area (TPSA) is 50.4 Å². The van der Waals surface area contributed by atoms with E-state index >= 15 is 0 Å². The van der Waals surface area contributed by atoms with Gasteiger partial charge in [0.05, 0.1) is 0 Å². The van der Waals surface area contributed by atoms with E-state index in [9.17, 15) is 4.79 Å². The average Bonchev–Trinajstić information content (AvgIpc) is 2.80. The molecule has 2 rings (SSSR count). The van der Waals surface area contributed by atoms with Crippen LogP contribution in [-0.2, 0) is 9.53 Å². The van der Waals surface area contributed by atoms with Crippen LogP contribution in [0, 0.1) is 5.41 Å². The number of amides is 1. The summed E-state index contributed by atoms with van der Waals surface area (Å²) in [5, 5.41) is 6.39. The summed E-state index contributed by atoms with van der Waals surface area (Å²) in [7, 11) is 0. The summed E-state index contributed by atoms with van der Waals surface area (Å²) in [6.07, 6.45) is 3.98. The maximum Gasteiger partial charge on any atom is 0.249 e. The molecule has 1 atom stereocenters. The predicted octanol–water partition coefficient (Wildman–Crippen LogP) is 0.671. The molecule has 0 radical (unpaired) electrons. The summed E-state index contributed by atoms with van der Waals surface area (Å²) in [5.74, 6) is 0.0808. The van der Waals surface area contributed by atoms with Crippen LogP contribution in [0.15, 0.2) is 0 Å². The standard InChI is InChI=1S/C12H22N2O2/c1-12(4-6-13-7-5-12)9-14-11(15)10-3-2-8-16-10/h10,13H,2-9H2,1H3,(H,14,15). The smallest absolute Gasteiger partial charge is 0.249 e.